The summed E-state index contributed by atoms with van der Waals surface area (Å²) in [6, 6.07) is 27.1. The predicted molar refractivity (Wildman–Crippen MR) is 151 cm³/mol. The molecule has 0 saturated heterocycles. The van der Waals surface area contributed by atoms with Crippen molar-refractivity contribution in [2.24, 2.45) is 4.99 Å². The normalized spacial score (nSPS) is 12.2. The van der Waals surface area contributed by atoms with Gasteiger partial charge in [0, 0.05) is 24.0 Å². The number of sulfonamides is 1. The van der Waals surface area contributed by atoms with Gasteiger partial charge in [0.05, 0.1) is 20.8 Å². The molecule has 0 spiro atoms. The summed E-state index contributed by atoms with van der Waals surface area (Å²) >= 11 is 1.45. The molecule has 0 unspecified atom stereocenters. The van der Waals surface area contributed by atoms with Gasteiger partial charge in [-0.3, -0.25) is 9.10 Å². The van der Waals surface area contributed by atoms with E-state index in [1.54, 1.807) is 37.3 Å². The van der Waals surface area contributed by atoms with Gasteiger partial charge in [-0.05, 0) is 54.8 Å². The number of carbonyl (C=O) groups is 1. The average Bonchev–Trinajstić information content (AvgIpc) is 3.27. The van der Waals surface area contributed by atoms with Gasteiger partial charge in [-0.2, -0.15) is 4.99 Å². The molecule has 5 rings (SSSR count). The number of fused-ring (bicyclic) bond motifs is 3. The van der Waals surface area contributed by atoms with Crippen LogP contribution in [0.25, 0.3) is 21.0 Å². The molecule has 37 heavy (non-hydrogen) atoms. The highest BCUT2D eigenvalue weighted by Crippen LogP contribution is 2.28. The zero-order chi connectivity index (χ0) is 26.0. The van der Waals surface area contributed by atoms with Gasteiger partial charge in [0.2, 0.25) is 0 Å². The van der Waals surface area contributed by atoms with Crippen LogP contribution < -0.4 is 9.11 Å². The number of carbonyl (C=O) groups excluding carboxylic acids is 1. The van der Waals surface area contributed by atoms with Crippen LogP contribution in [0.15, 0.2) is 114 Å². The minimum atomic E-state index is -3.78. The van der Waals surface area contributed by atoms with Crippen molar-refractivity contribution in [3.8, 4) is 0 Å². The Balaban J connectivity index is 1.51. The van der Waals surface area contributed by atoms with Crippen LogP contribution in [-0.4, -0.2) is 25.4 Å². The third-order valence-electron chi connectivity index (χ3n) is 6.10. The predicted octanol–water partition coefficient (Wildman–Crippen LogP) is 6.00. The Hall–Kier alpha value is -4.01. The summed E-state index contributed by atoms with van der Waals surface area (Å²) in [6.45, 7) is 6.43. The first-order chi connectivity index (χ1) is 17.9. The fourth-order valence-corrected chi connectivity index (χ4v) is 6.97. The summed E-state index contributed by atoms with van der Waals surface area (Å²) in [7, 11) is -3.78. The maximum atomic E-state index is 13.3. The van der Waals surface area contributed by atoms with Gasteiger partial charge >= 0.3 is 0 Å². The van der Waals surface area contributed by atoms with Crippen molar-refractivity contribution in [2.45, 2.75) is 18.4 Å². The molecule has 4 aromatic carbocycles. The first kappa shape index (κ1) is 24.7. The Labute approximate surface area is 219 Å². The van der Waals surface area contributed by atoms with Crippen LogP contribution in [0, 0.1) is 0 Å². The quantitative estimate of drug-likeness (QED) is 0.244. The van der Waals surface area contributed by atoms with Crippen molar-refractivity contribution in [3.05, 3.63) is 114 Å². The number of aromatic nitrogens is 1. The monoisotopic (exact) mass is 527 g/mol. The molecule has 186 valence electrons. The lowest BCUT2D eigenvalue weighted by Gasteiger charge is -2.22. The third-order valence-corrected chi connectivity index (χ3v) is 9.15. The van der Waals surface area contributed by atoms with Gasteiger partial charge in [0.1, 0.15) is 0 Å². The molecule has 1 heterocycles. The number of nitrogens with zero attached hydrogens (tertiary/aromatic N) is 3. The molecule has 0 bridgehead atoms. The van der Waals surface area contributed by atoms with Crippen LogP contribution in [0.4, 0.5) is 5.69 Å². The Morgan fingerprint density at radius 3 is 2.38 bits per heavy atom. The summed E-state index contributed by atoms with van der Waals surface area (Å²) in [5.74, 6) is -0.437. The summed E-state index contributed by atoms with van der Waals surface area (Å²) < 4.78 is 30.9. The van der Waals surface area contributed by atoms with Gasteiger partial charge in [0.15, 0.2) is 4.80 Å². The molecule has 0 aliphatic rings. The molecule has 0 fully saturated rings. The first-order valence-electron chi connectivity index (χ1n) is 11.8. The van der Waals surface area contributed by atoms with Crippen LogP contribution in [0.2, 0.25) is 0 Å². The van der Waals surface area contributed by atoms with Gasteiger partial charge < -0.3 is 4.57 Å². The molecule has 0 aliphatic carbocycles. The molecule has 1 amide bonds. The molecule has 0 saturated carbocycles. The molecule has 0 radical (unpaired) electrons. The average molecular weight is 528 g/mol. The van der Waals surface area contributed by atoms with E-state index in [1.807, 2.05) is 28.8 Å². The number of thiazole rings is 1. The van der Waals surface area contributed by atoms with Crippen LogP contribution in [0.5, 0.6) is 0 Å². The largest absolute Gasteiger partial charge is 0.312 e. The van der Waals surface area contributed by atoms with Crippen molar-refractivity contribution in [3.63, 3.8) is 0 Å². The highest BCUT2D eigenvalue weighted by atomic mass is 32.2. The molecule has 8 heteroatoms. The lowest BCUT2D eigenvalue weighted by atomic mass is 10.1. The van der Waals surface area contributed by atoms with Gasteiger partial charge in [-0.1, -0.05) is 65.9 Å². The Morgan fingerprint density at radius 1 is 0.973 bits per heavy atom. The van der Waals surface area contributed by atoms with E-state index in [2.05, 4.69) is 29.8 Å². The SMILES string of the molecule is C=CCn1c(=NC(=O)c2ccc(S(=O)(=O)N(CC)c3ccccc3)cc2)sc2c3ccccc3ccc21. The molecular weight excluding hydrogens is 502 g/mol. The Bertz CT molecular complexity index is 1790. The highest BCUT2D eigenvalue weighted by molar-refractivity contribution is 7.92. The van der Waals surface area contributed by atoms with Crippen molar-refractivity contribution in [2.75, 3.05) is 10.8 Å². The van der Waals surface area contributed by atoms with Crippen LogP contribution in [-0.2, 0) is 16.6 Å². The number of rotatable bonds is 7. The van der Waals surface area contributed by atoms with E-state index in [0.717, 1.165) is 21.0 Å². The Morgan fingerprint density at radius 2 is 1.68 bits per heavy atom. The minimum Gasteiger partial charge on any atom is -0.312 e. The van der Waals surface area contributed by atoms with Gasteiger partial charge in [-0.15, -0.1) is 6.58 Å². The van der Waals surface area contributed by atoms with Gasteiger partial charge in [-0.25, -0.2) is 8.42 Å². The molecule has 6 nitrogen and oxygen atoms in total. The lowest BCUT2D eigenvalue weighted by molar-refractivity contribution is 0.0998. The minimum absolute atomic E-state index is 0.116. The van der Waals surface area contributed by atoms with Crippen LogP contribution in [0.1, 0.15) is 17.3 Å². The first-order valence-corrected chi connectivity index (χ1v) is 14.1. The number of hydrogen-bond acceptors (Lipinski definition) is 4. The molecule has 0 aliphatic heterocycles. The second-order valence-electron chi connectivity index (χ2n) is 8.37. The topological polar surface area (TPSA) is 71.7 Å². The van der Waals surface area contributed by atoms with Crippen LogP contribution >= 0.6 is 11.3 Å². The number of allylic oxidation sites excluding steroid dienone is 1. The number of amides is 1. The number of para-hydroxylation sites is 1. The van der Waals surface area contributed by atoms with E-state index >= 15 is 0 Å². The smallest absolute Gasteiger partial charge is 0.279 e. The van der Waals surface area contributed by atoms with E-state index in [-0.39, 0.29) is 11.4 Å². The molecule has 0 atom stereocenters. The third kappa shape index (κ3) is 4.61. The van der Waals surface area contributed by atoms with Crippen molar-refractivity contribution < 1.29 is 13.2 Å². The molecule has 1 aromatic heterocycles. The fraction of sp³-hybridized carbons (Fsp3) is 0.103. The van der Waals surface area contributed by atoms with Crippen molar-refractivity contribution in [1.29, 1.82) is 0 Å². The molecule has 0 N–H and O–H groups in total. The summed E-state index contributed by atoms with van der Waals surface area (Å²) in [6.07, 6.45) is 1.77. The van der Waals surface area contributed by atoms with E-state index in [9.17, 15) is 13.2 Å². The highest BCUT2D eigenvalue weighted by Gasteiger charge is 2.23. The van der Waals surface area contributed by atoms with Gasteiger partial charge in [0.25, 0.3) is 15.9 Å². The lowest BCUT2D eigenvalue weighted by Crippen LogP contribution is -2.30. The van der Waals surface area contributed by atoms with E-state index < -0.39 is 15.9 Å². The molecule has 5 aromatic rings. The maximum Gasteiger partial charge on any atom is 0.279 e. The van der Waals surface area contributed by atoms with Crippen molar-refractivity contribution >= 4 is 53.9 Å². The zero-order valence-corrected chi connectivity index (χ0v) is 21.9. The number of hydrogen-bond donors (Lipinski definition) is 0. The van der Waals surface area contributed by atoms with Crippen LogP contribution in [0.3, 0.4) is 0 Å². The zero-order valence-electron chi connectivity index (χ0n) is 20.2. The fourth-order valence-electron chi connectivity index (χ4n) is 4.32. The molecular formula is C29H25N3O3S2. The summed E-state index contributed by atoms with van der Waals surface area (Å²) in [5.41, 5.74) is 1.88. The standard InChI is InChI=1S/C29H25N3O3S2/c1-3-20-31-26-19-16-21-10-8-9-13-25(21)27(26)36-29(31)30-28(33)22-14-17-24(18-15-22)37(34,35)32(4-2)23-11-6-5-7-12-23/h3,5-19H,1,4,20H2,2H3. The Kier molecular flexibility index (Phi) is 6.78. The maximum absolute atomic E-state index is 13.3. The second kappa shape index (κ2) is 10.2. The van der Waals surface area contributed by atoms with E-state index in [0.29, 0.717) is 22.6 Å². The second-order valence-corrected chi connectivity index (χ2v) is 11.2. The summed E-state index contributed by atoms with van der Waals surface area (Å²) in [4.78, 5) is 18.2. The number of benzene rings is 4. The van der Waals surface area contributed by atoms with Crippen molar-refractivity contribution in [1.82, 2.24) is 4.57 Å². The summed E-state index contributed by atoms with van der Waals surface area (Å²) in [5, 5.41) is 2.22. The van der Waals surface area contributed by atoms with E-state index in [1.165, 1.54) is 39.9 Å². The number of anilines is 1. The van der Waals surface area contributed by atoms with E-state index in [4.69, 9.17) is 0 Å².